The number of piperidine rings is 1. The fourth-order valence-electron chi connectivity index (χ4n) is 4.47. The molecule has 0 spiro atoms. The fourth-order valence-corrected chi connectivity index (χ4v) is 4.47. The van der Waals surface area contributed by atoms with Gasteiger partial charge in [-0.25, -0.2) is 14.8 Å². The van der Waals surface area contributed by atoms with Crippen LogP contribution < -0.4 is 9.64 Å². The maximum Gasteiger partial charge on any atom is 0.342 e. The van der Waals surface area contributed by atoms with Crippen LogP contribution in [0.2, 0.25) is 0 Å². The number of rotatable bonds is 5. The number of hydrogen-bond donors (Lipinski definition) is 0. The molecule has 0 saturated carbocycles. The van der Waals surface area contributed by atoms with Gasteiger partial charge < -0.3 is 14.4 Å². The number of nitrogens with zero attached hydrogens (tertiary/aromatic N) is 5. The summed E-state index contributed by atoms with van der Waals surface area (Å²) in [6.45, 7) is 3.54. The molecule has 8 nitrogen and oxygen atoms in total. The number of carbonyl (C=O) groups is 1. The van der Waals surface area contributed by atoms with Gasteiger partial charge in [0.1, 0.15) is 11.7 Å². The number of carbonyl (C=O) groups excluding carboxylic acids is 1. The molecule has 1 saturated heterocycles. The Morgan fingerprint density at radius 2 is 1.84 bits per heavy atom. The van der Waals surface area contributed by atoms with Gasteiger partial charge in [-0.05, 0) is 37.0 Å². The zero-order valence-electron chi connectivity index (χ0n) is 18.0. The molecule has 5 rings (SSSR count). The molecular weight excluding hydrogens is 406 g/mol. The van der Waals surface area contributed by atoms with Crippen molar-refractivity contribution in [1.29, 1.82) is 0 Å². The number of hydrogen-bond acceptors (Lipinski definition) is 8. The molecule has 0 radical (unpaired) electrons. The predicted molar refractivity (Wildman–Crippen MR) is 119 cm³/mol. The van der Waals surface area contributed by atoms with Crippen molar-refractivity contribution in [3.63, 3.8) is 0 Å². The summed E-state index contributed by atoms with van der Waals surface area (Å²) in [6.07, 6.45) is 6.54. The smallest absolute Gasteiger partial charge is 0.342 e. The van der Waals surface area contributed by atoms with Gasteiger partial charge >= 0.3 is 12.0 Å². The largest absolute Gasteiger partial charge is 0.462 e. The van der Waals surface area contributed by atoms with Crippen LogP contribution in [0.1, 0.15) is 41.3 Å². The molecule has 3 heterocycles. The highest BCUT2D eigenvalue weighted by atomic mass is 16.5. The number of aryl methyl sites for hydroxylation is 1. The van der Waals surface area contributed by atoms with E-state index in [1.807, 2.05) is 25.1 Å². The first-order chi connectivity index (χ1) is 15.7. The van der Waals surface area contributed by atoms with Crippen LogP contribution in [0.3, 0.4) is 0 Å². The third-order valence-electron chi connectivity index (χ3n) is 6.01. The molecule has 164 valence electrons. The molecular formula is C24H25N5O3. The number of benzene rings is 1. The highest BCUT2D eigenvalue weighted by Gasteiger charge is 2.32. The lowest BCUT2D eigenvalue weighted by Crippen LogP contribution is -2.40. The molecule has 1 aromatic carbocycles. The molecule has 1 fully saturated rings. The Kier molecular flexibility index (Phi) is 5.66. The van der Waals surface area contributed by atoms with Gasteiger partial charge in [0, 0.05) is 43.9 Å². The van der Waals surface area contributed by atoms with Crippen molar-refractivity contribution in [2.45, 2.75) is 38.7 Å². The van der Waals surface area contributed by atoms with E-state index in [0.29, 0.717) is 37.1 Å². The Bertz CT molecular complexity index is 1110. The minimum atomic E-state index is -0.330. The van der Waals surface area contributed by atoms with Crippen molar-refractivity contribution in [2.75, 3.05) is 24.6 Å². The molecule has 8 heteroatoms. The Hall–Kier alpha value is -3.55. The van der Waals surface area contributed by atoms with Crippen molar-refractivity contribution < 1.29 is 14.3 Å². The monoisotopic (exact) mass is 431 g/mol. The van der Waals surface area contributed by atoms with Crippen LogP contribution >= 0.6 is 0 Å². The minimum absolute atomic E-state index is 0.0251. The lowest BCUT2D eigenvalue weighted by atomic mass is 9.87. The zero-order valence-corrected chi connectivity index (χ0v) is 18.0. The first-order valence-corrected chi connectivity index (χ1v) is 11.1. The highest BCUT2D eigenvalue weighted by Crippen LogP contribution is 2.37. The molecule has 1 aliphatic carbocycles. The van der Waals surface area contributed by atoms with Crippen LogP contribution in [0.5, 0.6) is 6.01 Å². The van der Waals surface area contributed by atoms with Gasteiger partial charge in [0.15, 0.2) is 5.82 Å². The van der Waals surface area contributed by atoms with Crippen molar-refractivity contribution >= 4 is 11.8 Å². The summed E-state index contributed by atoms with van der Waals surface area (Å²) in [6, 6.07) is 10.3. The Morgan fingerprint density at radius 3 is 2.62 bits per heavy atom. The summed E-state index contributed by atoms with van der Waals surface area (Å²) in [7, 11) is 0. The quantitative estimate of drug-likeness (QED) is 0.569. The number of aromatic nitrogens is 4. The van der Waals surface area contributed by atoms with E-state index in [0.717, 1.165) is 42.5 Å². The third-order valence-corrected chi connectivity index (χ3v) is 6.01. The second-order valence-electron chi connectivity index (χ2n) is 7.94. The van der Waals surface area contributed by atoms with E-state index < -0.39 is 0 Å². The second-order valence-corrected chi connectivity index (χ2v) is 7.94. The van der Waals surface area contributed by atoms with Gasteiger partial charge in [-0.1, -0.05) is 24.3 Å². The number of ether oxygens (including phenoxy) is 2. The average molecular weight is 431 g/mol. The highest BCUT2D eigenvalue weighted by molar-refractivity contribution is 5.98. The first kappa shape index (κ1) is 20.4. The molecule has 0 amide bonds. The second kappa shape index (κ2) is 8.90. The molecule has 32 heavy (non-hydrogen) atoms. The van der Waals surface area contributed by atoms with E-state index in [-0.39, 0.29) is 12.1 Å². The van der Waals surface area contributed by atoms with E-state index in [1.165, 1.54) is 5.56 Å². The van der Waals surface area contributed by atoms with Crippen molar-refractivity contribution in [1.82, 2.24) is 20.2 Å². The number of esters is 1. The van der Waals surface area contributed by atoms with Crippen LogP contribution in [-0.4, -0.2) is 51.9 Å². The van der Waals surface area contributed by atoms with Crippen LogP contribution in [0.25, 0.3) is 11.3 Å². The van der Waals surface area contributed by atoms with Crippen LogP contribution in [0, 0.1) is 0 Å². The predicted octanol–water partition coefficient (Wildman–Crippen LogP) is 3.26. The summed E-state index contributed by atoms with van der Waals surface area (Å²) in [4.78, 5) is 23.4. The zero-order chi connectivity index (χ0) is 21.9. The number of fused-ring (bicyclic) bond motifs is 3. The summed E-state index contributed by atoms with van der Waals surface area (Å²) >= 11 is 0. The van der Waals surface area contributed by atoms with Crippen LogP contribution in [-0.2, 0) is 17.6 Å². The van der Waals surface area contributed by atoms with Gasteiger partial charge in [0.05, 0.1) is 12.3 Å². The third kappa shape index (κ3) is 3.88. The van der Waals surface area contributed by atoms with Crippen molar-refractivity contribution in [3.8, 4) is 17.3 Å². The standard InChI is InChI=1S/C24H25N5O3/c1-2-31-23(30)20-19-9-8-16-6-3-4-7-18(16)21(19)27-28-22(20)29-14-10-17(11-15-29)32-24-25-12-5-13-26-24/h3-7,12-13,17H,2,8-11,14-15H2,1H3. The molecule has 0 N–H and O–H groups in total. The Labute approximate surface area is 186 Å². The molecule has 2 aromatic heterocycles. The summed E-state index contributed by atoms with van der Waals surface area (Å²) in [5, 5.41) is 9.11. The Balaban J connectivity index is 1.43. The maximum atomic E-state index is 13.0. The lowest BCUT2D eigenvalue weighted by molar-refractivity contribution is 0.0525. The van der Waals surface area contributed by atoms with Crippen molar-refractivity contribution in [2.24, 2.45) is 0 Å². The van der Waals surface area contributed by atoms with E-state index in [2.05, 4.69) is 31.1 Å². The Morgan fingerprint density at radius 1 is 1.06 bits per heavy atom. The minimum Gasteiger partial charge on any atom is -0.462 e. The molecule has 3 aromatic rings. The molecule has 0 bridgehead atoms. The van der Waals surface area contributed by atoms with Crippen LogP contribution in [0.4, 0.5) is 5.82 Å². The van der Waals surface area contributed by atoms with Gasteiger partial charge in [-0.2, -0.15) is 0 Å². The SMILES string of the molecule is CCOC(=O)c1c(N2CCC(Oc3ncccn3)CC2)nnc2c1CCc1ccccc1-2. The molecule has 0 unspecified atom stereocenters. The van der Waals surface area contributed by atoms with E-state index in [4.69, 9.17) is 9.47 Å². The molecule has 1 aliphatic heterocycles. The van der Waals surface area contributed by atoms with Gasteiger partial charge in [0.2, 0.25) is 0 Å². The van der Waals surface area contributed by atoms with E-state index in [1.54, 1.807) is 18.5 Å². The van der Waals surface area contributed by atoms with E-state index >= 15 is 0 Å². The first-order valence-electron chi connectivity index (χ1n) is 11.1. The maximum absolute atomic E-state index is 13.0. The topological polar surface area (TPSA) is 90.3 Å². The molecule has 0 atom stereocenters. The van der Waals surface area contributed by atoms with Gasteiger partial charge in [0.25, 0.3) is 0 Å². The fraction of sp³-hybridized carbons (Fsp3) is 0.375. The lowest BCUT2D eigenvalue weighted by Gasteiger charge is -2.34. The van der Waals surface area contributed by atoms with Crippen molar-refractivity contribution in [3.05, 3.63) is 59.4 Å². The van der Waals surface area contributed by atoms with E-state index in [9.17, 15) is 4.79 Å². The molecule has 2 aliphatic rings. The van der Waals surface area contributed by atoms with Gasteiger partial charge in [-0.15, -0.1) is 10.2 Å². The van der Waals surface area contributed by atoms with Gasteiger partial charge in [-0.3, -0.25) is 0 Å². The normalized spacial score (nSPS) is 15.6. The summed E-state index contributed by atoms with van der Waals surface area (Å²) in [5.41, 5.74) is 4.56. The van der Waals surface area contributed by atoms with Crippen LogP contribution in [0.15, 0.2) is 42.7 Å². The summed E-state index contributed by atoms with van der Waals surface area (Å²) in [5.74, 6) is 0.278. The average Bonchev–Trinajstić information content (AvgIpc) is 2.84. The number of anilines is 1. The summed E-state index contributed by atoms with van der Waals surface area (Å²) < 4.78 is 11.3.